The summed E-state index contributed by atoms with van der Waals surface area (Å²) in [6, 6.07) is 10.2. The van der Waals surface area contributed by atoms with Crippen molar-refractivity contribution in [1.29, 1.82) is 0 Å². The monoisotopic (exact) mass is 420 g/mol. The number of benzene rings is 2. The zero-order chi connectivity index (χ0) is 20.3. The van der Waals surface area contributed by atoms with E-state index in [4.69, 9.17) is 26.1 Å². The standard InChI is InChI=1S/C21H22ClFN2O2S/c1-21(2,16-7-6-14(23)10-17(16)22)24-11-15-12-28-20(25-15)13-5-8-18(26-3)19(9-13)27-4/h5-10,12,24H,11H2,1-4H3. The molecule has 0 saturated carbocycles. The third-order valence-electron chi connectivity index (χ3n) is 4.50. The van der Waals surface area contributed by atoms with Gasteiger partial charge in [0, 0.05) is 28.0 Å². The molecule has 0 spiro atoms. The number of aromatic nitrogens is 1. The van der Waals surface area contributed by atoms with Crippen LogP contribution >= 0.6 is 22.9 Å². The lowest BCUT2D eigenvalue weighted by molar-refractivity contribution is 0.355. The van der Waals surface area contributed by atoms with Gasteiger partial charge in [0.05, 0.1) is 19.9 Å². The Labute approximate surface area is 173 Å². The number of thiazole rings is 1. The summed E-state index contributed by atoms with van der Waals surface area (Å²) >= 11 is 7.78. The Balaban J connectivity index is 1.74. The van der Waals surface area contributed by atoms with Crippen LogP contribution in [0.3, 0.4) is 0 Å². The molecule has 0 fully saturated rings. The molecule has 0 unspecified atom stereocenters. The van der Waals surface area contributed by atoms with Crippen LogP contribution in [0.5, 0.6) is 11.5 Å². The average Bonchev–Trinajstić information content (AvgIpc) is 3.14. The van der Waals surface area contributed by atoms with E-state index in [1.807, 2.05) is 37.4 Å². The van der Waals surface area contributed by atoms with Gasteiger partial charge in [-0.3, -0.25) is 0 Å². The summed E-state index contributed by atoms with van der Waals surface area (Å²) in [7, 11) is 3.22. The quantitative estimate of drug-likeness (QED) is 0.536. The molecule has 0 aliphatic rings. The Bertz CT molecular complexity index is 975. The second-order valence-electron chi connectivity index (χ2n) is 6.82. The summed E-state index contributed by atoms with van der Waals surface area (Å²) in [5.41, 5.74) is 2.29. The van der Waals surface area contributed by atoms with Crippen LogP contribution in [0.4, 0.5) is 4.39 Å². The van der Waals surface area contributed by atoms with E-state index in [2.05, 4.69) is 5.32 Å². The highest BCUT2D eigenvalue weighted by Crippen LogP contribution is 2.34. The van der Waals surface area contributed by atoms with E-state index in [-0.39, 0.29) is 5.82 Å². The van der Waals surface area contributed by atoms with Crippen molar-refractivity contribution in [1.82, 2.24) is 10.3 Å². The minimum Gasteiger partial charge on any atom is -0.493 e. The van der Waals surface area contributed by atoms with E-state index in [1.54, 1.807) is 31.6 Å². The largest absolute Gasteiger partial charge is 0.493 e. The minimum absolute atomic E-state index is 0.344. The SMILES string of the molecule is COc1ccc(-c2nc(CNC(C)(C)c3ccc(F)cc3Cl)cs2)cc1OC. The highest BCUT2D eigenvalue weighted by atomic mass is 35.5. The van der Waals surface area contributed by atoms with Gasteiger partial charge in [-0.2, -0.15) is 0 Å². The van der Waals surface area contributed by atoms with Crippen LogP contribution < -0.4 is 14.8 Å². The zero-order valence-electron chi connectivity index (χ0n) is 16.2. The normalized spacial score (nSPS) is 11.5. The molecule has 0 amide bonds. The first-order valence-electron chi connectivity index (χ1n) is 8.71. The smallest absolute Gasteiger partial charge is 0.161 e. The fraction of sp³-hybridized carbons (Fsp3) is 0.286. The number of halogens is 2. The molecule has 148 valence electrons. The van der Waals surface area contributed by atoms with Crippen molar-refractivity contribution in [3.8, 4) is 22.1 Å². The lowest BCUT2D eigenvalue weighted by atomic mass is 9.94. The Morgan fingerprint density at radius 2 is 1.86 bits per heavy atom. The van der Waals surface area contributed by atoms with Gasteiger partial charge in [-0.15, -0.1) is 11.3 Å². The van der Waals surface area contributed by atoms with Crippen LogP contribution in [0.15, 0.2) is 41.8 Å². The van der Waals surface area contributed by atoms with Crippen LogP contribution in [0.1, 0.15) is 25.1 Å². The van der Waals surface area contributed by atoms with Gasteiger partial charge in [0.1, 0.15) is 10.8 Å². The second-order valence-corrected chi connectivity index (χ2v) is 8.08. The van der Waals surface area contributed by atoms with E-state index in [9.17, 15) is 4.39 Å². The molecule has 0 atom stereocenters. The summed E-state index contributed by atoms with van der Waals surface area (Å²) < 4.78 is 24.0. The number of nitrogens with zero attached hydrogens (tertiary/aromatic N) is 1. The lowest BCUT2D eigenvalue weighted by Crippen LogP contribution is -2.36. The molecule has 4 nitrogen and oxygen atoms in total. The van der Waals surface area contributed by atoms with Gasteiger partial charge in [0.15, 0.2) is 11.5 Å². The van der Waals surface area contributed by atoms with Gasteiger partial charge in [0.25, 0.3) is 0 Å². The van der Waals surface area contributed by atoms with E-state index >= 15 is 0 Å². The molecular weight excluding hydrogens is 399 g/mol. The number of ether oxygens (including phenoxy) is 2. The third-order valence-corrected chi connectivity index (χ3v) is 5.75. The number of rotatable bonds is 7. The maximum Gasteiger partial charge on any atom is 0.161 e. The molecule has 1 heterocycles. The first-order chi connectivity index (χ1) is 13.3. The van der Waals surface area contributed by atoms with Gasteiger partial charge >= 0.3 is 0 Å². The Hall–Kier alpha value is -2.15. The molecule has 1 aromatic heterocycles. The van der Waals surface area contributed by atoms with Gasteiger partial charge in [-0.05, 0) is 49.7 Å². The fourth-order valence-corrected chi connectivity index (χ4v) is 4.11. The predicted molar refractivity (Wildman–Crippen MR) is 112 cm³/mol. The molecule has 3 aromatic rings. The van der Waals surface area contributed by atoms with Crippen molar-refractivity contribution in [3.63, 3.8) is 0 Å². The number of methoxy groups -OCH3 is 2. The van der Waals surface area contributed by atoms with Crippen LogP contribution in [-0.4, -0.2) is 19.2 Å². The van der Waals surface area contributed by atoms with Gasteiger partial charge in [0.2, 0.25) is 0 Å². The fourth-order valence-electron chi connectivity index (χ4n) is 2.89. The molecule has 3 rings (SSSR count). The molecule has 0 aliphatic heterocycles. The van der Waals surface area contributed by atoms with E-state index in [1.165, 1.54) is 12.1 Å². The molecular formula is C21H22ClFN2O2S. The molecule has 2 aromatic carbocycles. The van der Waals surface area contributed by atoms with Crippen molar-refractivity contribution >= 4 is 22.9 Å². The van der Waals surface area contributed by atoms with E-state index in [0.29, 0.717) is 23.1 Å². The highest BCUT2D eigenvalue weighted by Gasteiger charge is 2.23. The Morgan fingerprint density at radius 1 is 1.11 bits per heavy atom. The minimum atomic E-state index is -0.433. The molecule has 0 saturated heterocycles. The lowest BCUT2D eigenvalue weighted by Gasteiger charge is -2.27. The number of nitrogens with one attached hydrogen (secondary N) is 1. The molecule has 0 aliphatic carbocycles. The average molecular weight is 421 g/mol. The Kier molecular flexibility index (Phi) is 6.23. The van der Waals surface area contributed by atoms with E-state index in [0.717, 1.165) is 21.8 Å². The van der Waals surface area contributed by atoms with Crippen molar-refractivity contribution in [3.05, 3.63) is 63.9 Å². The summed E-state index contributed by atoms with van der Waals surface area (Å²) in [5.74, 6) is 1.01. The van der Waals surface area contributed by atoms with Crippen LogP contribution in [0, 0.1) is 5.82 Å². The summed E-state index contributed by atoms with van der Waals surface area (Å²) in [6.45, 7) is 4.58. The summed E-state index contributed by atoms with van der Waals surface area (Å²) in [4.78, 5) is 4.71. The molecule has 7 heteroatoms. The maximum absolute atomic E-state index is 13.3. The van der Waals surface area contributed by atoms with Crippen LogP contribution in [-0.2, 0) is 12.1 Å². The highest BCUT2D eigenvalue weighted by molar-refractivity contribution is 7.13. The Morgan fingerprint density at radius 3 is 2.54 bits per heavy atom. The predicted octanol–water partition coefficient (Wildman–Crippen LogP) is 5.64. The maximum atomic E-state index is 13.3. The number of hydrogen-bond donors (Lipinski definition) is 1. The van der Waals surface area contributed by atoms with Gasteiger partial charge < -0.3 is 14.8 Å². The molecule has 0 bridgehead atoms. The molecule has 28 heavy (non-hydrogen) atoms. The van der Waals surface area contributed by atoms with Crippen LogP contribution in [0.2, 0.25) is 5.02 Å². The van der Waals surface area contributed by atoms with Crippen molar-refractivity contribution in [2.45, 2.75) is 25.9 Å². The van der Waals surface area contributed by atoms with Crippen molar-refractivity contribution in [2.24, 2.45) is 0 Å². The van der Waals surface area contributed by atoms with Crippen LogP contribution in [0.25, 0.3) is 10.6 Å². The molecule has 0 radical (unpaired) electrons. The van der Waals surface area contributed by atoms with E-state index < -0.39 is 5.54 Å². The topological polar surface area (TPSA) is 43.4 Å². The summed E-state index contributed by atoms with van der Waals surface area (Å²) in [6.07, 6.45) is 0. The molecule has 1 N–H and O–H groups in total. The van der Waals surface area contributed by atoms with Gasteiger partial charge in [-0.25, -0.2) is 9.37 Å². The zero-order valence-corrected chi connectivity index (χ0v) is 17.7. The first kappa shape index (κ1) is 20.6. The van der Waals surface area contributed by atoms with Gasteiger partial charge in [-0.1, -0.05) is 17.7 Å². The van der Waals surface area contributed by atoms with Crippen molar-refractivity contribution < 1.29 is 13.9 Å². The third kappa shape index (κ3) is 4.46. The summed E-state index contributed by atoms with van der Waals surface area (Å²) in [5, 5.41) is 6.77. The first-order valence-corrected chi connectivity index (χ1v) is 9.97. The number of hydrogen-bond acceptors (Lipinski definition) is 5. The second kappa shape index (κ2) is 8.47. The van der Waals surface area contributed by atoms with Crippen molar-refractivity contribution in [2.75, 3.05) is 14.2 Å².